The summed E-state index contributed by atoms with van der Waals surface area (Å²) in [6, 6.07) is 15.8. The Labute approximate surface area is 188 Å². The number of hydrogen-bond acceptors (Lipinski definition) is 5. The maximum atomic E-state index is 12.3. The summed E-state index contributed by atoms with van der Waals surface area (Å²) in [4.78, 5) is 16.8. The number of carbonyl (C=O) groups excluding carboxylic acids is 1. The van der Waals surface area contributed by atoms with Crippen molar-refractivity contribution < 1.29 is 19.0 Å². The molecular weight excluding hydrogens is 408 g/mol. The van der Waals surface area contributed by atoms with Gasteiger partial charge in [-0.3, -0.25) is 0 Å². The van der Waals surface area contributed by atoms with Crippen molar-refractivity contribution >= 4 is 6.09 Å². The molecule has 0 aliphatic carbocycles. The highest BCUT2D eigenvalue weighted by atomic mass is 16.6. The lowest BCUT2D eigenvalue weighted by molar-refractivity contribution is 0.0981. The van der Waals surface area contributed by atoms with Gasteiger partial charge in [0.2, 0.25) is 0 Å². The third kappa shape index (κ3) is 6.31. The zero-order chi connectivity index (χ0) is 22.8. The van der Waals surface area contributed by atoms with E-state index < -0.39 is 0 Å². The largest absolute Gasteiger partial charge is 0.497 e. The van der Waals surface area contributed by atoms with Crippen molar-refractivity contribution in [3.05, 3.63) is 70.1 Å². The number of hydrogen-bond donors (Lipinski definition) is 0. The van der Waals surface area contributed by atoms with Crippen molar-refractivity contribution in [3.63, 3.8) is 0 Å². The second-order valence-corrected chi connectivity index (χ2v) is 7.70. The van der Waals surface area contributed by atoms with Crippen LogP contribution in [0.2, 0.25) is 0 Å². The van der Waals surface area contributed by atoms with Gasteiger partial charge in [0.15, 0.2) is 0 Å². The standard InChI is InChI=1S/C24H30N4O4/c1-3-31-24(29)28-17-20(26-27-25)16-21(28)13-14-32-23-10-5-4-8-19(23)12-11-18-7-6-9-22(15-18)30-2/h4-10,15,20-21H,3,11-14,16-17H2,1-2H3/t20-,21-/m1/s1. The number of benzene rings is 2. The van der Waals surface area contributed by atoms with Crippen molar-refractivity contribution in [2.24, 2.45) is 5.11 Å². The first-order chi connectivity index (χ1) is 15.6. The molecule has 1 fully saturated rings. The van der Waals surface area contributed by atoms with Crippen molar-refractivity contribution in [1.29, 1.82) is 0 Å². The number of amides is 1. The van der Waals surface area contributed by atoms with Crippen molar-refractivity contribution in [3.8, 4) is 11.5 Å². The molecule has 3 rings (SSSR count). The minimum absolute atomic E-state index is 0.0755. The fraction of sp³-hybridized carbons (Fsp3) is 0.458. The lowest BCUT2D eigenvalue weighted by atomic mass is 10.0. The first-order valence-corrected chi connectivity index (χ1v) is 11.0. The zero-order valence-corrected chi connectivity index (χ0v) is 18.6. The molecule has 2 aromatic carbocycles. The predicted octanol–water partition coefficient (Wildman–Crippen LogP) is 5.16. The van der Waals surface area contributed by atoms with Gasteiger partial charge < -0.3 is 19.1 Å². The normalized spacial score (nSPS) is 17.5. The zero-order valence-electron chi connectivity index (χ0n) is 18.6. The smallest absolute Gasteiger partial charge is 0.410 e. The van der Waals surface area contributed by atoms with Crippen molar-refractivity contribution in [2.75, 3.05) is 26.9 Å². The lowest BCUT2D eigenvalue weighted by Gasteiger charge is -2.24. The number of likely N-dealkylation sites (tertiary alicyclic amines) is 1. The number of nitrogens with zero attached hydrogens (tertiary/aromatic N) is 4. The van der Waals surface area contributed by atoms with Crippen LogP contribution in [-0.4, -0.2) is 49.9 Å². The number of aryl methyl sites for hydroxylation is 2. The maximum Gasteiger partial charge on any atom is 0.410 e. The van der Waals surface area contributed by atoms with Crippen molar-refractivity contribution in [1.82, 2.24) is 4.90 Å². The van der Waals surface area contributed by atoms with Crippen LogP contribution in [0.5, 0.6) is 11.5 Å². The minimum atomic E-state index is -0.369. The number of carbonyl (C=O) groups is 1. The van der Waals surface area contributed by atoms with Gasteiger partial charge in [0.05, 0.1) is 26.4 Å². The first-order valence-electron chi connectivity index (χ1n) is 11.0. The third-order valence-corrected chi connectivity index (χ3v) is 5.61. The van der Waals surface area contributed by atoms with Gasteiger partial charge in [0, 0.05) is 23.9 Å². The average Bonchev–Trinajstić information content (AvgIpc) is 3.21. The molecule has 0 spiro atoms. The molecule has 0 aromatic heterocycles. The van der Waals surface area contributed by atoms with E-state index in [9.17, 15) is 4.79 Å². The van der Waals surface area contributed by atoms with E-state index >= 15 is 0 Å². The molecule has 1 amide bonds. The average molecular weight is 439 g/mol. The molecule has 1 aliphatic heterocycles. The van der Waals surface area contributed by atoms with Crippen LogP contribution in [0.25, 0.3) is 10.4 Å². The van der Waals surface area contributed by atoms with Gasteiger partial charge in [-0.05, 0) is 61.0 Å². The highest BCUT2D eigenvalue weighted by Crippen LogP contribution is 2.26. The summed E-state index contributed by atoms with van der Waals surface area (Å²) in [5.41, 5.74) is 11.1. The van der Waals surface area contributed by atoms with Gasteiger partial charge in [-0.1, -0.05) is 35.4 Å². The molecule has 8 heteroatoms. The summed E-state index contributed by atoms with van der Waals surface area (Å²) in [5, 5.41) is 3.79. The number of ether oxygens (including phenoxy) is 3. The quantitative estimate of drug-likeness (QED) is 0.291. The lowest BCUT2D eigenvalue weighted by Crippen LogP contribution is -2.37. The van der Waals surface area contributed by atoms with Crippen LogP contribution in [-0.2, 0) is 17.6 Å². The summed E-state index contributed by atoms with van der Waals surface area (Å²) < 4.78 is 16.6. The van der Waals surface area contributed by atoms with Gasteiger partial charge in [-0.15, -0.1) is 0 Å². The van der Waals surface area contributed by atoms with Crippen molar-refractivity contribution in [2.45, 2.75) is 44.7 Å². The van der Waals surface area contributed by atoms with E-state index in [1.165, 1.54) is 5.56 Å². The van der Waals surface area contributed by atoms with Crippen LogP contribution in [0.1, 0.15) is 30.9 Å². The van der Waals surface area contributed by atoms with E-state index in [1.807, 2.05) is 36.4 Å². The van der Waals surface area contributed by atoms with Crippen LogP contribution in [0.3, 0.4) is 0 Å². The molecule has 0 N–H and O–H groups in total. The molecule has 1 aliphatic rings. The van der Waals surface area contributed by atoms with Gasteiger partial charge in [-0.25, -0.2) is 4.79 Å². The number of methoxy groups -OCH3 is 1. The Morgan fingerprint density at radius 2 is 2.06 bits per heavy atom. The van der Waals surface area contributed by atoms with Crippen LogP contribution >= 0.6 is 0 Å². The molecule has 170 valence electrons. The number of azide groups is 1. The number of rotatable bonds is 10. The minimum Gasteiger partial charge on any atom is -0.497 e. The monoisotopic (exact) mass is 438 g/mol. The Bertz CT molecular complexity index is 945. The molecule has 0 radical (unpaired) electrons. The second kappa shape index (κ2) is 11.9. The fourth-order valence-electron chi connectivity index (χ4n) is 4.02. The Morgan fingerprint density at radius 1 is 1.22 bits per heavy atom. The Balaban J connectivity index is 1.58. The van der Waals surface area contributed by atoms with E-state index in [2.05, 4.69) is 22.2 Å². The van der Waals surface area contributed by atoms with Gasteiger partial charge >= 0.3 is 6.09 Å². The third-order valence-electron chi connectivity index (χ3n) is 5.61. The van der Waals surface area contributed by atoms with Crippen LogP contribution in [0.4, 0.5) is 4.79 Å². The molecule has 8 nitrogen and oxygen atoms in total. The Kier molecular flexibility index (Phi) is 8.63. The van der Waals surface area contributed by atoms with Gasteiger partial charge in [-0.2, -0.15) is 0 Å². The van der Waals surface area contributed by atoms with Gasteiger partial charge in [0.25, 0.3) is 0 Å². The highest BCUT2D eigenvalue weighted by molar-refractivity contribution is 5.68. The maximum absolute atomic E-state index is 12.3. The molecule has 1 saturated heterocycles. The van der Waals surface area contributed by atoms with Gasteiger partial charge in [0.1, 0.15) is 11.5 Å². The molecule has 32 heavy (non-hydrogen) atoms. The molecule has 1 heterocycles. The summed E-state index contributed by atoms with van der Waals surface area (Å²) in [6.07, 6.45) is 2.61. The van der Waals surface area contributed by atoms with E-state index in [4.69, 9.17) is 19.7 Å². The van der Waals surface area contributed by atoms with E-state index in [0.717, 1.165) is 29.9 Å². The van der Waals surface area contributed by atoms with Crippen LogP contribution in [0.15, 0.2) is 53.6 Å². The number of para-hydroxylation sites is 1. The van der Waals surface area contributed by atoms with Crippen LogP contribution in [0, 0.1) is 0 Å². The van der Waals surface area contributed by atoms with E-state index in [-0.39, 0.29) is 18.2 Å². The summed E-state index contributed by atoms with van der Waals surface area (Å²) in [6.45, 7) is 2.93. The topological polar surface area (TPSA) is 96.8 Å². The van der Waals surface area contributed by atoms with E-state index in [1.54, 1.807) is 18.9 Å². The Hall–Kier alpha value is -3.38. The predicted molar refractivity (Wildman–Crippen MR) is 122 cm³/mol. The first kappa shape index (κ1) is 23.3. The van der Waals surface area contributed by atoms with E-state index in [0.29, 0.717) is 32.6 Å². The Morgan fingerprint density at radius 3 is 2.84 bits per heavy atom. The summed E-state index contributed by atoms with van der Waals surface area (Å²) in [7, 11) is 1.67. The summed E-state index contributed by atoms with van der Waals surface area (Å²) in [5.74, 6) is 1.71. The SMILES string of the molecule is CCOC(=O)N1C[C@H](N=[N+]=[N-])C[C@H]1CCOc1ccccc1CCc1cccc(OC)c1. The molecular formula is C24H30N4O4. The highest BCUT2D eigenvalue weighted by Gasteiger charge is 2.35. The molecule has 0 bridgehead atoms. The molecule has 0 unspecified atom stereocenters. The molecule has 2 atom stereocenters. The summed E-state index contributed by atoms with van der Waals surface area (Å²) >= 11 is 0. The second-order valence-electron chi connectivity index (χ2n) is 7.70. The fourth-order valence-corrected chi connectivity index (χ4v) is 4.02. The van der Waals surface area contributed by atoms with Crippen LogP contribution < -0.4 is 9.47 Å². The molecule has 2 aromatic rings. The molecule has 0 saturated carbocycles.